The molecule has 0 saturated carbocycles. The van der Waals surface area contributed by atoms with Gasteiger partial charge in [0, 0.05) is 17.6 Å². The Morgan fingerprint density at radius 2 is 2.36 bits per heavy atom. The minimum absolute atomic E-state index is 0.182. The summed E-state index contributed by atoms with van der Waals surface area (Å²) in [6.07, 6.45) is 1.61. The number of nitrogens with one attached hydrogen (secondary N) is 1. The molecule has 5 nitrogen and oxygen atoms in total. The van der Waals surface area contributed by atoms with Gasteiger partial charge >= 0.3 is 6.01 Å². The molecule has 72 valence electrons. The van der Waals surface area contributed by atoms with Crippen LogP contribution in [0, 0.1) is 0 Å². The predicted octanol–water partition coefficient (Wildman–Crippen LogP) is 0.717. The first-order chi connectivity index (χ1) is 6.79. The van der Waals surface area contributed by atoms with Gasteiger partial charge in [0.05, 0.1) is 6.61 Å². The fraction of sp³-hybridized carbons (Fsp3) is 0.222. The molecule has 2 rings (SSSR count). The fourth-order valence-corrected chi connectivity index (χ4v) is 1.12. The summed E-state index contributed by atoms with van der Waals surface area (Å²) < 4.78 is 5.11. The van der Waals surface area contributed by atoms with Crippen molar-refractivity contribution in [1.29, 1.82) is 0 Å². The van der Waals surface area contributed by atoms with Gasteiger partial charge in [-0.3, -0.25) is 4.79 Å². The number of aromatic amines is 1. The van der Waals surface area contributed by atoms with E-state index in [4.69, 9.17) is 4.74 Å². The maximum absolute atomic E-state index is 11.0. The molecule has 5 heteroatoms. The number of hydrogen-bond donors (Lipinski definition) is 1. The Labute approximate surface area is 79.8 Å². The fourth-order valence-electron chi connectivity index (χ4n) is 1.12. The van der Waals surface area contributed by atoms with Crippen molar-refractivity contribution in [3.8, 4) is 6.01 Å². The van der Waals surface area contributed by atoms with Crippen LogP contribution in [-0.2, 0) is 0 Å². The monoisotopic (exact) mass is 191 g/mol. The van der Waals surface area contributed by atoms with E-state index in [2.05, 4.69) is 15.0 Å². The van der Waals surface area contributed by atoms with Crippen molar-refractivity contribution in [3.05, 3.63) is 28.7 Å². The average Bonchev–Trinajstić information content (AvgIpc) is 2.17. The van der Waals surface area contributed by atoms with Crippen molar-refractivity contribution >= 4 is 11.0 Å². The molecule has 1 N–H and O–H groups in total. The van der Waals surface area contributed by atoms with Crippen LogP contribution in [-0.4, -0.2) is 21.6 Å². The van der Waals surface area contributed by atoms with Crippen molar-refractivity contribution in [2.75, 3.05) is 6.61 Å². The molecule has 0 unspecified atom stereocenters. The lowest BCUT2D eigenvalue weighted by molar-refractivity contribution is 0.314. The minimum Gasteiger partial charge on any atom is -0.464 e. The minimum atomic E-state index is -0.182. The van der Waals surface area contributed by atoms with Crippen LogP contribution in [0.3, 0.4) is 0 Å². The number of ether oxygens (including phenoxy) is 1. The SMILES string of the molecule is CCOc1ncc2ccc(=O)[nH]c2n1. The van der Waals surface area contributed by atoms with Gasteiger partial charge in [0.2, 0.25) is 5.56 Å². The zero-order valence-corrected chi connectivity index (χ0v) is 7.65. The van der Waals surface area contributed by atoms with Crippen LogP contribution in [0.2, 0.25) is 0 Å². The zero-order chi connectivity index (χ0) is 9.97. The van der Waals surface area contributed by atoms with Crippen LogP contribution in [0.4, 0.5) is 0 Å². The molecule has 0 aliphatic rings. The Morgan fingerprint density at radius 3 is 3.14 bits per heavy atom. The van der Waals surface area contributed by atoms with E-state index in [0.717, 1.165) is 5.39 Å². The van der Waals surface area contributed by atoms with Gasteiger partial charge in [-0.25, -0.2) is 4.98 Å². The standard InChI is InChI=1S/C9H9N3O2/c1-2-14-9-10-5-6-3-4-7(13)11-8(6)12-9/h3-5H,2H2,1H3,(H,10,11,12,13). The summed E-state index contributed by atoms with van der Waals surface area (Å²) >= 11 is 0. The maximum atomic E-state index is 11.0. The van der Waals surface area contributed by atoms with E-state index in [9.17, 15) is 4.79 Å². The Balaban J connectivity index is 2.58. The summed E-state index contributed by atoms with van der Waals surface area (Å²) in [7, 11) is 0. The van der Waals surface area contributed by atoms with Crippen LogP contribution in [0.1, 0.15) is 6.92 Å². The molecule has 0 radical (unpaired) electrons. The average molecular weight is 191 g/mol. The number of H-pyrrole nitrogens is 1. The third-order valence-electron chi connectivity index (χ3n) is 1.72. The van der Waals surface area contributed by atoms with Crippen LogP contribution < -0.4 is 10.3 Å². The maximum Gasteiger partial charge on any atom is 0.318 e. The van der Waals surface area contributed by atoms with E-state index in [1.165, 1.54) is 6.07 Å². The van der Waals surface area contributed by atoms with Crippen LogP contribution >= 0.6 is 0 Å². The van der Waals surface area contributed by atoms with Crippen molar-refractivity contribution in [1.82, 2.24) is 15.0 Å². The van der Waals surface area contributed by atoms with Gasteiger partial charge in [-0.15, -0.1) is 0 Å². The van der Waals surface area contributed by atoms with E-state index in [-0.39, 0.29) is 11.6 Å². The first kappa shape index (κ1) is 8.68. The lowest BCUT2D eigenvalue weighted by Crippen LogP contribution is -2.05. The second-order valence-electron chi connectivity index (χ2n) is 2.71. The highest BCUT2D eigenvalue weighted by Gasteiger charge is 1.99. The van der Waals surface area contributed by atoms with Gasteiger partial charge in [-0.1, -0.05) is 0 Å². The molecule has 0 aromatic carbocycles. The predicted molar refractivity (Wildman–Crippen MR) is 51.3 cm³/mol. The largest absolute Gasteiger partial charge is 0.464 e. The molecule has 0 aliphatic heterocycles. The van der Waals surface area contributed by atoms with Gasteiger partial charge in [-0.2, -0.15) is 4.98 Å². The quantitative estimate of drug-likeness (QED) is 0.759. The number of pyridine rings is 1. The van der Waals surface area contributed by atoms with Gasteiger partial charge in [0.25, 0.3) is 0 Å². The van der Waals surface area contributed by atoms with E-state index in [0.29, 0.717) is 12.3 Å². The van der Waals surface area contributed by atoms with Gasteiger partial charge in [0.1, 0.15) is 5.65 Å². The first-order valence-electron chi connectivity index (χ1n) is 4.28. The van der Waals surface area contributed by atoms with Gasteiger partial charge < -0.3 is 9.72 Å². The van der Waals surface area contributed by atoms with Crippen LogP contribution in [0.25, 0.3) is 11.0 Å². The highest BCUT2D eigenvalue weighted by molar-refractivity contribution is 5.73. The third-order valence-corrected chi connectivity index (χ3v) is 1.72. The lowest BCUT2D eigenvalue weighted by Gasteiger charge is -2.00. The van der Waals surface area contributed by atoms with E-state index in [1.807, 2.05) is 6.92 Å². The second-order valence-corrected chi connectivity index (χ2v) is 2.71. The van der Waals surface area contributed by atoms with Gasteiger partial charge in [0.15, 0.2) is 0 Å². The molecule has 0 spiro atoms. The summed E-state index contributed by atoms with van der Waals surface area (Å²) in [6.45, 7) is 2.35. The molecule has 0 saturated heterocycles. The van der Waals surface area contributed by atoms with Crippen LogP contribution in [0.5, 0.6) is 6.01 Å². The molecule has 0 amide bonds. The van der Waals surface area contributed by atoms with E-state index in [1.54, 1.807) is 12.3 Å². The topological polar surface area (TPSA) is 67.9 Å². The molecule has 0 bridgehead atoms. The van der Waals surface area contributed by atoms with Crippen molar-refractivity contribution in [3.63, 3.8) is 0 Å². The summed E-state index contributed by atoms with van der Waals surface area (Å²) in [5.74, 6) is 0. The normalized spacial score (nSPS) is 10.4. The van der Waals surface area contributed by atoms with Crippen LogP contribution in [0.15, 0.2) is 23.1 Å². The molecule has 2 heterocycles. The molecule has 2 aromatic rings. The molecule has 0 atom stereocenters. The highest BCUT2D eigenvalue weighted by Crippen LogP contribution is 2.08. The molecule has 2 aromatic heterocycles. The molecule has 0 aliphatic carbocycles. The summed E-state index contributed by atoms with van der Waals surface area (Å²) in [6, 6.07) is 3.39. The number of hydrogen-bond acceptors (Lipinski definition) is 4. The second kappa shape index (κ2) is 3.45. The molecular weight excluding hydrogens is 182 g/mol. The lowest BCUT2D eigenvalue weighted by atomic mass is 10.3. The number of fused-ring (bicyclic) bond motifs is 1. The smallest absolute Gasteiger partial charge is 0.318 e. The Bertz CT molecular complexity index is 507. The Kier molecular flexibility index (Phi) is 2.14. The van der Waals surface area contributed by atoms with E-state index < -0.39 is 0 Å². The van der Waals surface area contributed by atoms with Crippen molar-refractivity contribution < 1.29 is 4.74 Å². The molecule has 0 fully saturated rings. The Hall–Kier alpha value is -1.91. The first-order valence-corrected chi connectivity index (χ1v) is 4.28. The summed E-state index contributed by atoms with van der Waals surface area (Å²) in [5, 5.41) is 0.785. The number of aromatic nitrogens is 3. The van der Waals surface area contributed by atoms with Crippen molar-refractivity contribution in [2.24, 2.45) is 0 Å². The van der Waals surface area contributed by atoms with Gasteiger partial charge in [-0.05, 0) is 13.0 Å². The van der Waals surface area contributed by atoms with Crippen molar-refractivity contribution in [2.45, 2.75) is 6.92 Å². The van der Waals surface area contributed by atoms with E-state index >= 15 is 0 Å². The summed E-state index contributed by atoms with van der Waals surface area (Å²) in [4.78, 5) is 21.6. The zero-order valence-electron chi connectivity index (χ0n) is 7.65. The number of rotatable bonds is 2. The third kappa shape index (κ3) is 1.56. The summed E-state index contributed by atoms with van der Waals surface area (Å²) in [5.41, 5.74) is 0.314. The number of nitrogens with zero attached hydrogens (tertiary/aromatic N) is 2. The Morgan fingerprint density at radius 1 is 1.50 bits per heavy atom. The molecular formula is C9H9N3O2. The highest BCUT2D eigenvalue weighted by atomic mass is 16.5. The molecule has 14 heavy (non-hydrogen) atoms.